The van der Waals surface area contributed by atoms with Crippen LogP contribution in [0.15, 0.2) is 148 Å². The van der Waals surface area contributed by atoms with E-state index < -0.39 is 28.8 Å². The molecule has 0 saturated carbocycles. The van der Waals surface area contributed by atoms with Gasteiger partial charge in [0.05, 0.1) is 17.0 Å². The summed E-state index contributed by atoms with van der Waals surface area (Å²) in [4.78, 5) is 4.92. The predicted molar refractivity (Wildman–Crippen MR) is 239 cm³/mol. The number of para-hydroxylation sites is 2. The van der Waals surface area contributed by atoms with Crippen molar-refractivity contribution in [2.45, 2.75) is 68.2 Å². The number of ether oxygens (including phenoxy) is 2. The van der Waals surface area contributed by atoms with Crippen molar-refractivity contribution in [3.8, 4) is 23.0 Å². The topological polar surface area (TPSA) is 30.8 Å². The molecule has 3 nitrogen and oxygen atoms in total. The summed E-state index contributed by atoms with van der Waals surface area (Å²) in [5, 5.41) is 0. The molecule has 1 aliphatic heterocycles. The van der Waals surface area contributed by atoms with Crippen molar-refractivity contribution >= 4 is 23.4 Å². The van der Waals surface area contributed by atoms with Crippen LogP contribution in [0.3, 0.4) is 0 Å². The molecule has 60 heavy (non-hydrogen) atoms. The first-order valence-electron chi connectivity index (χ1n) is 20.1. The molecule has 0 atom stereocenters. The molecule has 306 valence electrons. The van der Waals surface area contributed by atoms with E-state index in [0.717, 1.165) is 61.8 Å². The minimum Gasteiger partial charge on any atom is -0.457 e. The van der Waals surface area contributed by atoms with Crippen molar-refractivity contribution in [2.75, 3.05) is 0 Å². The van der Waals surface area contributed by atoms with Crippen molar-refractivity contribution in [3.05, 3.63) is 206 Å². The maximum Gasteiger partial charge on any atom is 0.169 e. The van der Waals surface area contributed by atoms with Crippen LogP contribution >= 0.6 is 0 Å². The van der Waals surface area contributed by atoms with Gasteiger partial charge in [-0.25, -0.2) is 22.6 Å². The average molecular weight is 808 g/mol. The largest absolute Gasteiger partial charge is 0.457 e. The van der Waals surface area contributed by atoms with Crippen LogP contribution in [0.25, 0.3) is 17.7 Å². The standard InChI is InChI=1S/C53H49F4NO2/c1-9-38(18-17-23-44-33(4)26-41(27-34(44)5)59-39-19-13-11-14-20-39)32(3)30-46(50-51(56)47(54)31-48(55)52(50)57)53-37(8)43(10-2)49(58-53)25-24-45-35(6)28-42(29-36(45)7)60-40-21-15-12-16-22-40/h11-31H,9-10H2,1-8H3/b23-17+,25-24+,32-30+,38-18+,53-46+. The van der Waals surface area contributed by atoms with E-state index >= 15 is 8.78 Å². The zero-order valence-corrected chi connectivity index (χ0v) is 35.3. The van der Waals surface area contributed by atoms with Crippen molar-refractivity contribution in [1.82, 2.24) is 0 Å². The Kier molecular flexibility index (Phi) is 13.7. The summed E-state index contributed by atoms with van der Waals surface area (Å²) in [5.74, 6) is -3.01. The third-order valence-electron chi connectivity index (χ3n) is 10.6. The quantitative estimate of drug-likeness (QED) is 0.0674. The van der Waals surface area contributed by atoms with Gasteiger partial charge in [0.15, 0.2) is 23.3 Å². The van der Waals surface area contributed by atoms with Crippen molar-refractivity contribution in [2.24, 2.45) is 4.99 Å². The monoisotopic (exact) mass is 807 g/mol. The van der Waals surface area contributed by atoms with Crippen LogP contribution in [0.2, 0.25) is 0 Å². The van der Waals surface area contributed by atoms with E-state index in [1.807, 2.05) is 171 Å². The molecule has 0 aliphatic carbocycles. The number of hydrogen-bond donors (Lipinski definition) is 0. The molecule has 0 radical (unpaired) electrons. The fraction of sp³-hybridized carbons (Fsp3) is 0.189. The Hall–Kier alpha value is -6.47. The number of benzene rings is 5. The summed E-state index contributed by atoms with van der Waals surface area (Å²) in [6.45, 7) is 15.6. The Morgan fingerprint density at radius 3 is 1.57 bits per heavy atom. The van der Waals surface area contributed by atoms with E-state index in [1.165, 1.54) is 0 Å². The molecule has 0 N–H and O–H groups in total. The molecule has 0 saturated heterocycles. The summed E-state index contributed by atoms with van der Waals surface area (Å²) in [6.07, 6.45) is 12.4. The molecular weight excluding hydrogens is 759 g/mol. The molecule has 0 amide bonds. The first kappa shape index (κ1) is 43.1. The highest BCUT2D eigenvalue weighted by Gasteiger charge is 2.28. The molecule has 5 aromatic carbocycles. The van der Waals surface area contributed by atoms with Crippen LogP contribution in [0.4, 0.5) is 17.6 Å². The smallest absolute Gasteiger partial charge is 0.169 e. The van der Waals surface area contributed by atoms with Gasteiger partial charge in [-0.15, -0.1) is 0 Å². The molecule has 5 aromatic rings. The zero-order valence-electron chi connectivity index (χ0n) is 35.3. The summed E-state index contributed by atoms with van der Waals surface area (Å²) in [6, 6.07) is 27.3. The fourth-order valence-corrected chi connectivity index (χ4v) is 7.54. The van der Waals surface area contributed by atoms with Crippen molar-refractivity contribution in [3.63, 3.8) is 0 Å². The number of hydrogen-bond acceptors (Lipinski definition) is 3. The van der Waals surface area contributed by atoms with Crippen molar-refractivity contribution < 1.29 is 27.0 Å². The van der Waals surface area contributed by atoms with Crippen LogP contribution < -0.4 is 9.47 Å². The van der Waals surface area contributed by atoms with Crippen LogP contribution in [-0.4, -0.2) is 5.71 Å². The molecule has 0 aromatic heterocycles. The van der Waals surface area contributed by atoms with Gasteiger partial charge in [0, 0.05) is 11.6 Å². The summed E-state index contributed by atoms with van der Waals surface area (Å²) in [5.41, 5.74) is 9.01. The summed E-state index contributed by atoms with van der Waals surface area (Å²) >= 11 is 0. The second kappa shape index (κ2) is 19.1. The van der Waals surface area contributed by atoms with E-state index in [4.69, 9.17) is 14.5 Å². The molecule has 0 unspecified atom stereocenters. The van der Waals surface area contributed by atoms with E-state index in [2.05, 4.69) is 0 Å². The number of aliphatic imine (C=N–C) groups is 1. The molecular formula is C53H49F4NO2. The third-order valence-corrected chi connectivity index (χ3v) is 10.6. The van der Waals surface area contributed by atoms with E-state index in [9.17, 15) is 8.78 Å². The second-order valence-electron chi connectivity index (χ2n) is 14.9. The lowest BCUT2D eigenvalue weighted by Gasteiger charge is -2.14. The first-order valence-corrected chi connectivity index (χ1v) is 20.1. The van der Waals surface area contributed by atoms with Gasteiger partial charge in [-0.3, -0.25) is 0 Å². The van der Waals surface area contributed by atoms with Crippen LogP contribution in [-0.2, 0) is 0 Å². The normalized spacial score (nSPS) is 14.4. The first-order chi connectivity index (χ1) is 28.8. The van der Waals surface area contributed by atoms with Gasteiger partial charge in [0.2, 0.25) is 0 Å². The lowest BCUT2D eigenvalue weighted by molar-refractivity contribution is 0.450. The molecule has 7 heteroatoms. The molecule has 6 rings (SSSR count). The number of aryl methyl sites for hydroxylation is 4. The number of halogens is 4. The maximum atomic E-state index is 15.8. The molecule has 0 spiro atoms. The Balaban J connectivity index is 1.39. The van der Waals surface area contributed by atoms with Crippen molar-refractivity contribution in [1.29, 1.82) is 0 Å². The third kappa shape index (κ3) is 9.69. The number of rotatable bonds is 13. The van der Waals surface area contributed by atoms with Gasteiger partial charge < -0.3 is 9.47 Å². The highest BCUT2D eigenvalue weighted by molar-refractivity contribution is 6.15. The van der Waals surface area contributed by atoms with Gasteiger partial charge in [-0.1, -0.05) is 74.5 Å². The maximum absolute atomic E-state index is 15.8. The van der Waals surface area contributed by atoms with Gasteiger partial charge in [0.1, 0.15) is 23.0 Å². The average Bonchev–Trinajstić information content (AvgIpc) is 3.53. The molecule has 1 aliphatic rings. The fourth-order valence-electron chi connectivity index (χ4n) is 7.54. The zero-order chi connectivity index (χ0) is 43.1. The second-order valence-corrected chi connectivity index (χ2v) is 14.9. The van der Waals surface area contributed by atoms with E-state index in [1.54, 1.807) is 6.08 Å². The van der Waals surface area contributed by atoms with E-state index in [-0.39, 0.29) is 17.3 Å². The van der Waals surface area contributed by atoms with Crippen LogP contribution in [0.1, 0.15) is 79.5 Å². The minimum atomic E-state index is -1.49. The van der Waals surface area contributed by atoms with Gasteiger partial charge in [-0.05, 0) is 171 Å². The number of allylic oxidation sites excluding steroid dienone is 9. The molecule has 1 heterocycles. The lowest BCUT2D eigenvalue weighted by Crippen LogP contribution is -2.04. The lowest BCUT2D eigenvalue weighted by atomic mass is 9.93. The number of nitrogens with zero attached hydrogens (tertiary/aromatic N) is 1. The Labute approximate surface area is 351 Å². The van der Waals surface area contributed by atoms with Gasteiger partial charge in [-0.2, -0.15) is 0 Å². The van der Waals surface area contributed by atoms with Crippen LogP contribution in [0, 0.1) is 51.0 Å². The summed E-state index contributed by atoms with van der Waals surface area (Å²) in [7, 11) is 0. The Bertz CT molecular complexity index is 2570. The highest BCUT2D eigenvalue weighted by atomic mass is 19.2. The predicted octanol–water partition coefficient (Wildman–Crippen LogP) is 15.7. The Morgan fingerprint density at radius 1 is 0.617 bits per heavy atom. The minimum absolute atomic E-state index is 0.0495. The van der Waals surface area contributed by atoms with E-state index in [0.29, 0.717) is 35.4 Å². The highest BCUT2D eigenvalue weighted by Crippen LogP contribution is 2.39. The van der Waals surface area contributed by atoms with Gasteiger partial charge >= 0.3 is 0 Å². The Morgan fingerprint density at radius 2 is 1.10 bits per heavy atom. The summed E-state index contributed by atoms with van der Waals surface area (Å²) < 4.78 is 73.4. The molecule has 0 fully saturated rings. The van der Waals surface area contributed by atoms with Crippen LogP contribution in [0.5, 0.6) is 23.0 Å². The molecule has 0 bridgehead atoms. The van der Waals surface area contributed by atoms with Gasteiger partial charge in [0.25, 0.3) is 0 Å². The SMILES string of the molecule is CCC1=C(C)/C(=C(/C=C(C)/C(=C/C=C/c2c(C)cc(Oc3ccccc3)cc2C)CC)c2c(F)c(F)cc(F)c2F)N=C1/C=C/c1c(C)cc(Oc2ccccc2)cc1C.